The van der Waals surface area contributed by atoms with E-state index in [0.717, 1.165) is 5.69 Å². The molecule has 31 heavy (non-hydrogen) atoms. The maximum atomic E-state index is 14.0. The zero-order chi connectivity index (χ0) is 21.8. The Balaban J connectivity index is 1.38. The number of nitrogens with one attached hydrogen (secondary N) is 2. The Labute approximate surface area is 180 Å². The smallest absolute Gasteiger partial charge is 0.313 e. The Morgan fingerprint density at radius 1 is 1.13 bits per heavy atom. The van der Waals surface area contributed by atoms with E-state index in [2.05, 4.69) is 20.7 Å². The molecule has 154 valence electrons. The minimum absolute atomic E-state index is 0.187. The molecule has 0 saturated carbocycles. The Hall–Kier alpha value is -4.10. The zero-order valence-electron chi connectivity index (χ0n) is 16.0. The van der Waals surface area contributed by atoms with E-state index in [1.54, 1.807) is 47.0 Å². The highest BCUT2D eigenvalue weighted by Gasteiger charge is 2.17. The third kappa shape index (κ3) is 4.26. The van der Waals surface area contributed by atoms with Crippen LogP contribution in [0.15, 0.2) is 53.9 Å². The molecule has 2 aromatic carbocycles. The SMILES string of the molecule is N#Cc1ccccc1NC(=O)C(=O)NCCc1csc2nc(-c3ccccc3F)nn12. The van der Waals surface area contributed by atoms with E-state index in [-0.39, 0.29) is 23.6 Å². The number of carbonyl (C=O) groups excluding carboxylic acids is 2. The standard InChI is InChI=1S/C21H15FN6O2S/c22-16-7-3-2-6-15(16)18-26-21-28(27-18)14(12-31-21)9-10-24-19(29)20(30)25-17-8-4-1-5-13(17)11-23/h1-8,12H,9-10H2,(H,24,29)(H,25,30). The Morgan fingerprint density at radius 3 is 2.71 bits per heavy atom. The number of para-hydroxylation sites is 1. The summed E-state index contributed by atoms with van der Waals surface area (Å²) in [5.74, 6) is -1.80. The molecule has 0 radical (unpaired) electrons. The summed E-state index contributed by atoms with van der Waals surface area (Å²) in [4.78, 5) is 29.1. The van der Waals surface area contributed by atoms with E-state index >= 15 is 0 Å². The summed E-state index contributed by atoms with van der Waals surface area (Å²) in [6, 6.07) is 14.6. The van der Waals surface area contributed by atoms with Crippen molar-refractivity contribution in [2.75, 3.05) is 11.9 Å². The molecular formula is C21H15FN6O2S. The number of carbonyl (C=O) groups is 2. The number of rotatable bonds is 5. The predicted molar refractivity (Wildman–Crippen MR) is 113 cm³/mol. The molecule has 0 saturated heterocycles. The molecule has 4 aromatic rings. The highest BCUT2D eigenvalue weighted by atomic mass is 32.1. The second-order valence-electron chi connectivity index (χ2n) is 6.45. The first-order valence-electron chi connectivity index (χ1n) is 9.23. The Kier molecular flexibility index (Phi) is 5.68. The van der Waals surface area contributed by atoms with Crippen molar-refractivity contribution in [3.05, 3.63) is 71.0 Å². The fourth-order valence-corrected chi connectivity index (χ4v) is 3.76. The minimum atomic E-state index is -0.860. The largest absolute Gasteiger partial charge is 0.347 e. The lowest BCUT2D eigenvalue weighted by molar-refractivity contribution is -0.136. The van der Waals surface area contributed by atoms with Gasteiger partial charge in [0.1, 0.15) is 11.9 Å². The van der Waals surface area contributed by atoms with Gasteiger partial charge in [0.05, 0.1) is 22.5 Å². The van der Waals surface area contributed by atoms with Gasteiger partial charge >= 0.3 is 11.8 Å². The molecule has 0 aliphatic heterocycles. The third-order valence-corrected chi connectivity index (χ3v) is 5.30. The number of nitrogens with zero attached hydrogens (tertiary/aromatic N) is 4. The van der Waals surface area contributed by atoms with Crippen LogP contribution in [0.3, 0.4) is 0 Å². The van der Waals surface area contributed by atoms with E-state index in [0.29, 0.717) is 16.9 Å². The topological polar surface area (TPSA) is 112 Å². The van der Waals surface area contributed by atoms with Gasteiger partial charge in [0, 0.05) is 18.3 Å². The van der Waals surface area contributed by atoms with E-state index in [4.69, 9.17) is 5.26 Å². The monoisotopic (exact) mass is 434 g/mol. The summed E-state index contributed by atoms with van der Waals surface area (Å²) in [5, 5.41) is 20.2. The van der Waals surface area contributed by atoms with E-state index in [1.165, 1.54) is 17.4 Å². The number of thiazole rings is 1. The Morgan fingerprint density at radius 2 is 1.90 bits per heavy atom. The van der Waals surface area contributed by atoms with Gasteiger partial charge in [-0.1, -0.05) is 24.3 Å². The van der Waals surface area contributed by atoms with Crippen molar-refractivity contribution in [2.24, 2.45) is 0 Å². The van der Waals surface area contributed by atoms with Crippen LogP contribution in [0.25, 0.3) is 16.3 Å². The fraction of sp³-hybridized carbons (Fsp3) is 0.0952. The number of aromatic nitrogens is 3. The number of benzene rings is 2. The molecule has 2 amide bonds. The number of halogens is 1. The van der Waals surface area contributed by atoms with Crippen molar-refractivity contribution < 1.29 is 14.0 Å². The second kappa shape index (κ2) is 8.73. The molecule has 0 aliphatic carbocycles. The quantitative estimate of drug-likeness (QED) is 0.469. The molecule has 2 N–H and O–H groups in total. The van der Waals surface area contributed by atoms with Crippen LogP contribution in [-0.4, -0.2) is 33.0 Å². The van der Waals surface area contributed by atoms with Crippen LogP contribution in [0.1, 0.15) is 11.3 Å². The number of anilines is 1. The normalized spacial score (nSPS) is 10.6. The number of fused-ring (bicyclic) bond motifs is 1. The number of amides is 2. The van der Waals surface area contributed by atoms with Gasteiger partial charge in [0.2, 0.25) is 4.96 Å². The van der Waals surface area contributed by atoms with Gasteiger partial charge < -0.3 is 10.6 Å². The van der Waals surface area contributed by atoms with Crippen LogP contribution in [-0.2, 0) is 16.0 Å². The molecule has 0 unspecified atom stereocenters. The van der Waals surface area contributed by atoms with Gasteiger partial charge in [0.25, 0.3) is 0 Å². The summed E-state index contributed by atoms with van der Waals surface area (Å²) in [7, 11) is 0. The van der Waals surface area contributed by atoms with Crippen molar-refractivity contribution in [1.29, 1.82) is 5.26 Å². The number of nitriles is 1. The van der Waals surface area contributed by atoms with Gasteiger partial charge in [-0.05, 0) is 24.3 Å². The second-order valence-corrected chi connectivity index (χ2v) is 7.29. The highest BCUT2D eigenvalue weighted by molar-refractivity contribution is 7.15. The van der Waals surface area contributed by atoms with E-state index in [1.807, 2.05) is 11.4 Å². The van der Waals surface area contributed by atoms with Crippen molar-refractivity contribution in [3.8, 4) is 17.5 Å². The lowest BCUT2D eigenvalue weighted by atomic mass is 10.2. The lowest BCUT2D eigenvalue weighted by Gasteiger charge is -2.07. The van der Waals surface area contributed by atoms with E-state index in [9.17, 15) is 14.0 Å². The van der Waals surface area contributed by atoms with E-state index < -0.39 is 17.6 Å². The lowest BCUT2D eigenvalue weighted by Crippen LogP contribution is -2.36. The average molecular weight is 434 g/mol. The molecule has 0 bridgehead atoms. The zero-order valence-corrected chi connectivity index (χ0v) is 16.8. The minimum Gasteiger partial charge on any atom is -0.347 e. The third-order valence-electron chi connectivity index (χ3n) is 4.43. The molecule has 8 nitrogen and oxygen atoms in total. The molecule has 10 heteroatoms. The number of hydrogen-bond acceptors (Lipinski definition) is 6. The fourth-order valence-electron chi connectivity index (χ4n) is 2.91. The predicted octanol–water partition coefficient (Wildman–Crippen LogP) is 2.77. The van der Waals surface area contributed by atoms with Gasteiger partial charge in [-0.15, -0.1) is 16.4 Å². The molecule has 0 aliphatic rings. The molecule has 0 spiro atoms. The highest BCUT2D eigenvalue weighted by Crippen LogP contribution is 2.23. The Bertz CT molecular complexity index is 1320. The van der Waals surface area contributed by atoms with Crippen molar-refractivity contribution in [2.45, 2.75) is 6.42 Å². The van der Waals surface area contributed by atoms with Gasteiger partial charge in [0.15, 0.2) is 5.82 Å². The first-order valence-corrected chi connectivity index (χ1v) is 10.1. The van der Waals surface area contributed by atoms with Crippen LogP contribution < -0.4 is 10.6 Å². The summed E-state index contributed by atoms with van der Waals surface area (Å²) >= 11 is 1.35. The van der Waals surface area contributed by atoms with Crippen molar-refractivity contribution in [3.63, 3.8) is 0 Å². The number of hydrogen-bond donors (Lipinski definition) is 2. The molecule has 0 atom stereocenters. The molecule has 2 aromatic heterocycles. The van der Waals surface area contributed by atoms with Gasteiger partial charge in [-0.25, -0.2) is 8.91 Å². The summed E-state index contributed by atoms with van der Waals surface area (Å²) < 4.78 is 15.6. The summed E-state index contributed by atoms with van der Waals surface area (Å²) in [5.41, 5.74) is 1.62. The average Bonchev–Trinajstić information content (AvgIpc) is 3.36. The molecular weight excluding hydrogens is 419 g/mol. The summed E-state index contributed by atoms with van der Waals surface area (Å²) in [6.07, 6.45) is 0.397. The van der Waals surface area contributed by atoms with Crippen LogP contribution in [0.4, 0.5) is 10.1 Å². The van der Waals surface area contributed by atoms with Crippen LogP contribution >= 0.6 is 11.3 Å². The van der Waals surface area contributed by atoms with Crippen LogP contribution in [0.5, 0.6) is 0 Å². The van der Waals surface area contributed by atoms with Crippen LogP contribution in [0, 0.1) is 17.1 Å². The maximum absolute atomic E-state index is 14.0. The van der Waals surface area contributed by atoms with Crippen LogP contribution in [0.2, 0.25) is 0 Å². The molecule has 4 rings (SSSR count). The van der Waals surface area contributed by atoms with Crippen molar-refractivity contribution >= 4 is 33.8 Å². The van der Waals surface area contributed by atoms with Gasteiger partial charge in [-0.2, -0.15) is 10.2 Å². The maximum Gasteiger partial charge on any atom is 0.313 e. The molecule has 0 fully saturated rings. The molecule has 2 heterocycles. The first kappa shape index (κ1) is 20.2. The van der Waals surface area contributed by atoms with Crippen molar-refractivity contribution in [1.82, 2.24) is 19.9 Å². The van der Waals surface area contributed by atoms with Gasteiger partial charge in [-0.3, -0.25) is 9.59 Å². The summed E-state index contributed by atoms with van der Waals surface area (Å²) in [6.45, 7) is 0.187. The first-order chi connectivity index (χ1) is 15.1.